The van der Waals surface area contributed by atoms with E-state index in [1.165, 1.54) is 0 Å². The van der Waals surface area contributed by atoms with Gasteiger partial charge in [0.2, 0.25) is 5.91 Å². The van der Waals surface area contributed by atoms with Crippen LogP contribution in [0.4, 0.5) is 0 Å². The Balaban J connectivity index is 1.75. The molecule has 21 heavy (non-hydrogen) atoms. The summed E-state index contributed by atoms with van der Waals surface area (Å²) < 4.78 is 0. The number of nitrogens with zero attached hydrogens (tertiary/aromatic N) is 1. The fourth-order valence-corrected chi connectivity index (χ4v) is 3.39. The van der Waals surface area contributed by atoms with Gasteiger partial charge in [-0.1, -0.05) is 39.8 Å². The summed E-state index contributed by atoms with van der Waals surface area (Å²) in [6.45, 7) is 10.6. The maximum absolute atomic E-state index is 12.5. The van der Waals surface area contributed by atoms with Crippen molar-refractivity contribution in [2.24, 2.45) is 16.7 Å². The molecule has 1 heterocycles. The number of imidazole rings is 1. The summed E-state index contributed by atoms with van der Waals surface area (Å²) in [5.74, 6) is 0.996. The molecule has 1 saturated carbocycles. The zero-order chi connectivity index (χ0) is 15.4. The van der Waals surface area contributed by atoms with Gasteiger partial charge >= 0.3 is 0 Å². The molecule has 0 spiro atoms. The number of H-pyrrole nitrogens is 1. The van der Waals surface area contributed by atoms with Gasteiger partial charge in [0.05, 0.1) is 17.1 Å². The van der Waals surface area contributed by atoms with Crippen molar-refractivity contribution < 1.29 is 4.79 Å². The second-order valence-electron chi connectivity index (χ2n) is 7.25. The van der Waals surface area contributed by atoms with Crippen LogP contribution in [0.5, 0.6) is 0 Å². The highest BCUT2D eigenvalue weighted by Crippen LogP contribution is 2.68. The van der Waals surface area contributed by atoms with Crippen LogP contribution in [0.3, 0.4) is 0 Å². The first-order chi connectivity index (χ1) is 9.75. The molecular formula is C17H23N3O. The van der Waals surface area contributed by atoms with Crippen LogP contribution in [0, 0.1) is 16.7 Å². The molecule has 1 aliphatic rings. The second-order valence-corrected chi connectivity index (χ2v) is 7.25. The highest BCUT2D eigenvalue weighted by molar-refractivity contribution is 5.84. The molecule has 1 atom stereocenters. The highest BCUT2D eigenvalue weighted by Gasteiger charge is 2.68. The number of amides is 1. The average Bonchev–Trinajstić information content (AvgIpc) is 2.75. The number of hydrogen-bond donors (Lipinski definition) is 2. The number of aromatic nitrogens is 2. The number of para-hydroxylation sites is 2. The number of hydrogen-bond acceptors (Lipinski definition) is 2. The van der Waals surface area contributed by atoms with Crippen molar-refractivity contribution in [2.45, 2.75) is 40.7 Å². The molecule has 1 aromatic carbocycles. The first-order valence-corrected chi connectivity index (χ1v) is 7.50. The highest BCUT2D eigenvalue weighted by atomic mass is 16.2. The molecule has 4 nitrogen and oxygen atoms in total. The van der Waals surface area contributed by atoms with Crippen LogP contribution >= 0.6 is 0 Å². The zero-order valence-corrected chi connectivity index (χ0v) is 13.3. The zero-order valence-electron chi connectivity index (χ0n) is 13.3. The minimum absolute atomic E-state index is 0.0602. The Bertz CT molecular complexity index is 652. The summed E-state index contributed by atoms with van der Waals surface area (Å²) in [6, 6.07) is 7.79. The smallest absolute Gasteiger partial charge is 0.224 e. The number of benzene rings is 1. The van der Waals surface area contributed by atoms with Gasteiger partial charge in [0, 0.05) is 5.92 Å². The number of aromatic amines is 1. The minimum atomic E-state index is -0.114. The van der Waals surface area contributed by atoms with Crippen molar-refractivity contribution in [1.82, 2.24) is 15.3 Å². The van der Waals surface area contributed by atoms with Crippen LogP contribution in [0.2, 0.25) is 0 Å². The van der Waals surface area contributed by atoms with E-state index in [1.54, 1.807) is 0 Å². The number of rotatable bonds is 3. The largest absolute Gasteiger partial charge is 0.346 e. The van der Waals surface area contributed by atoms with Crippen molar-refractivity contribution in [3.05, 3.63) is 30.1 Å². The third kappa shape index (κ3) is 2.04. The summed E-state index contributed by atoms with van der Waals surface area (Å²) in [6.07, 6.45) is 0. The molecule has 112 valence electrons. The Morgan fingerprint density at radius 2 is 1.86 bits per heavy atom. The van der Waals surface area contributed by atoms with E-state index in [4.69, 9.17) is 0 Å². The maximum Gasteiger partial charge on any atom is 0.224 e. The topological polar surface area (TPSA) is 57.8 Å². The van der Waals surface area contributed by atoms with E-state index < -0.39 is 0 Å². The molecule has 0 saturated heterocycles. The Labute approximate surface area is 125 Å². The number of nitrogens with one attached hydrogen (secondary N) is 2. The third-order valence-corrected chi connectivity index (χ3v) is 5.46. The normalized spacial score (nSPS) is 21.2. The third-order valence-electron chi connectivity index (χ3n) is 5.46. The second kappa shape index (κ2) is 4.33. The molecule has 2 aromatic rings. The summed E-state index contributed by atoms with van der Waals surface area (Å²) in [7, 11) is 0. The lowest BCUT2D eigenvalue weighted by Crippen LogP contribution is -2.30. The molecular weight excluding hydrogens is 262 g/mol. The molecule has 1 aliphatic carbocycles. The number of carbonyl (C=O) groups is 1. The van der Waals surface area contributed by atoms with Crippen LogP contribution in [0.1, 0.15) is 46.5 Å². The average molecular weight is 285 g/mol. The molecule has 0 aliphatic heterocycles. The van der Waals surface area contributed by atoms with E-state index >= 15 is 0 Å². The lowest BCUT2D eigenvalue weighted by Gasteiger charge is -2.12. The van der Waals surface area contributed by atoms with E-state index in [-0.39, 0.29) is 28.7 Å². The van der Waals surface area contributed by atoms with Gasteiger partial charge in [-0.3, -0.25) is 4.79 Å². The summed E-state index contributed by atoms with van der Waals surface area (Å²) in [5.41, 5.74) is 2.05. The van der Waals surface area contributed by atoms with Crippen LogP contribution in [0.25, 0.3) is 11.0 Å². The molecule has 1 fully saturated rings. The predicted octanol–water partition coefficient (Wildman–Crippen LogP) is 3.42. The molecule has 3 rings (SSSR count). The Morgan fingerprint density at radius 3 is 2.43 bits per heavy atom. The van der Waals surface area contributed by atoms with Crippen molar-refractivity contribution in [3.8, 4) is 0 Å². The summed E-state index contributed by atoms with van der Waals surface area (Å²) in [5, 5.41) is 3.10. The van der Waals surface area contributed by atoms with Crippen LogP contribution in [-0.2, 0) is 4.79 Å². The standard InChI is InChI=1S/C17H23N3O/c1-10(14-19-11-8-6-7-9-12(11)20-14)18-15(21)13-16(2,3)17(13,4)5/h6-10,13H,1-5H3,(H,18,21)(H,19,20). The number of fused-ring (bicyclic) bond motifs is 1. The first-order valence-electron chi connectivity index (χ1n) is 7.50. The van der Waals surface area contributed by atoms with Gasteiger partial charge in [-0.2, -0.15) is 0 Å². The van der Waals surface area contributed by atoms with Crippen molar-refractivity contribution in [1.29, 1.82) is 0 Å². The van der Waals surface area contributed by atoms with Crippen molar-refractivity contribution in [2.75, 3.05) is 0 Å². The van der Waals surface area contributed by atoms with Gasteiger partial charge in [0.25, 0.3) is 0 Å². The summed E-state index contributed by atoms with van der Waals surface area (Å²) in [4.78, 5) is 20.3. The van der Waals surface area contributed by atoms with Crippen molar-refractivity contribution in [3.63, 3.8) is 0 Å². The maximum atomic E-state index is 12.5. The SMILES string of the molecule is CC(NC(=O)C1C(C)(C)C1(C)C)c1nc2ccccc2[nH]1. The molecule has 1 unspecified atom stereocenters. The van der Waals surface area contributed by atoms with Gasteiger partial charge in [-0.15, -0.1) is 0 Å². The Kier molecular flexibility index (Phi) is 2.91. The lowest BCUT2D eigenvalue weighted by molar-refractivity contribution is -0.124. The van der Waals surface area contributed by atoms with E-state index in [1.807, 2.05) is 31.2 Å². The fraction of sp³-hybridized carbons (Fsp3) is 0.529. The van der Waals surface area contributed by atoms with Crippen LogP contribution in [0.15, 0.2) is 24.3 Å². The molecule has 4 heteroatoms. The Morgan fingerprint density at radius 1 is 1.24 bits per heavy atom. The number of carbonyl (C=O) groups excluding carboxylic acids is 1. The Hall–Kier alpha value is -1.84. The predicted molar refractivity (Wildman–Crippen MR) is 83.7 cm³/mol. The lowest BCUT2D eigenvalue weighted by atomic mass is 10.0. The van der Waals surface area contributed by atoms with E-state index in [0.717, 1.165) is 16.9 Å². The van der Waals surface area contributed by atoms with E-state index in [2.05, 4.69) is 43.0 Å². The van der Waals surface area contributed by atoms with E-state index in [9.17, 15) is 4.79 Å². The van der Waals surface area contributed by atoms with Gasteiger partial charge in [-0.05, 0) is 29.9 Å². The molecule has 1 aromatic heterocycles. The van der Waals surface area contributed by atoms with Gasteiger partial charge < -0.3 is 10.3 Å². The molecule has 1 amide bonds. The quantitative estimate of drug-likeness (QED) is 0.907. The molecule has 2 N–H and O–H groups in total. The molecule has 0 bridgehead atoms. The molecule has 0 radical (unpaired) electrons. The van der Waals surface area contributed by atoms with Crippen LogP contribution < -0.4 is 5.32 Å². The minimum Gasteiger partial charge on any atom is -0.346 e. The monoisotopic (exact) mass is 285 g/mol. The van der Waals surface area contributed by atoms with Crippen LogP contribution in [-0.4, -0.2) is 15.9 Å². The van der Waals surface area contributed by atoms with Gasteiger partial charge in [0.15, 0.2) is 0 Å². The summed E-state index contributed by atoms with van der Waals surface area (Å²) >= 11 is 0. The first kappa shape index (κ1) is 14.1. The fourth-order valence-electron chi connectivity index (χ4n) is 3.39. The van der Waals surface area contributed by atoms with Gasteiger partial charge in [-0.25, -0.2) is 4.98 Å². The van der Waals surface area contributed by atoms with Crippen molar-refractivity contribution >= 4 is 16.9 Å². The van der Waals surface area contributed by atoms with Gasteiger partial charge in [0.1, 0.15) is 5.82 Å². The van der Waals surface area contributed by atoms with E-state index in [0.29, 0.717) is 0 Å².